The molecule has 0 aliphatic heterocycles. The van der Waals surface area contributed by atoms with Crippen LogP contribution >= 0.6 is 22.7 Å². The van der Waals surface area contributed by atoms with E-state index in [9.17, 15) is 0 Å². The molecule has 0 saturated carbocycles. The van der Waals surface area contributed by atoms with Gasteiger partial charge in [-0.3, -0.25) is 0 Å². The third-order valence-electron chi connectivity index (χ3n) is 3.31. The Morgan fingerprint density at radius 1 is 0.700 bits per heavy atom. The van der Waals surface area contributed by atoms with Crippen LogP contribution in [0, 0.1) is 13.8 Å². The van der Waals surface area contributed by atoms with Crippen molar-refractivity contribution in [2.45, 2.75) is 13.8 Å². The third-order valence-corrected chi connectivity index (χ3v) is 6.12. The molecular weight excluding hydrogens is 312 g/mol. The summed E-state index contributed by atoms with van der Waals surface area (Å²) in [6.45, 7) is 4.38. The largest absolute Gasteiger partial charge is 0.146 e. The van der Waals surface area contributed by atoms with Crippen LogP contribution < -0.4 is 9.00 Å². The summed E-state index contributed by atoms with van der Waals surface area (Å²) in [5.41, 5.74) is 5.30. The Labute approximate surface area is 134 Å². The molecule has 0 bridgehead atoms. The van der Waals surface area contributed by atoms with Gasteiger partial charge in [0.25, 0.3) is 0 Å². The lowest BCUT2D eigenvalue weighted by molar-refractivity contribution is 1.41. The highest BCUT2D eigenvalue weighted by Crippen LogP contribution is 2.34. The van der Waals surface area contributed by atoms with E-state index in [1.165, 1.54) is 41.0 Å². The number of rotatable bonds is 2. The number of thiophene rings is 2. The van der Waals surface area contributed by atoms with E-state index >= 15 is 0 Å². The molecule has 3 aromatic rings. The Morgan fingerprint density at radius 2 is 1.10 bits per heavy atom. The van der Waals surface area contributed by atoms with E-state index in [0.29, 0.717) is 0 Å². The van der Waals surface area contributed by atoms with Crippen molar-refractivity contribution in [1.82, 2.24) is 0 Å². The monoisotopic (exact) mass is 324 g/mol. The van der Waals surface area contributed by atoms with E-state index < -0.39 is 0 Å². The molecule has 0 aliphatic carbocycles. The first kappa shape index (κ1) is 14.0. The van der Waals surface area contributed by atoms with E-state index in [-0.39, 0.29) is 0 Å². The Kier molecular flexibility index (Phi) is 3.81. The summed E-state index contributed by atoms with van der Waals surface area (Å²) in [5.74, 6) is 0. The molecule has 0 saturated heterocycles. The lowest BCUT2D eigenvalue weighted by Gasteiger charge is -2.10. The summed E-state index contributed by atoms with van der Waals surface area (Å²) >= 11 is 3.56. The second kappa shape index (κ2) is 5.44. The van der Waals surface area contributed by atoms with Crippen molar-refractivity contribution in [2.24, 2.45) is 0 Å². The normalized spacial score (nSPS) is 11.0. The quantitative estimate of drug-likeness (QED) is 0.634. The Morgan fingerprint density at radius 3 is 1.40 bits per heavy atom. The average Bonchev–Trinajstić information content (AvgIpc) is 3.00. The third kappa shape index (κ3) is 2.61. The molecule has 0 N–H and O–H groups in total. The van der Waals surface area contributed by atoms with Crippen LogP contribution in [-0.4, -0.2) is 20.5 Å². The number of hydrogen-bond acceptors (Lipinski definition) is 2. The highest BCUT2D eigenvalue weighted by Gasteiger charge is 2.10. The van der Waals surface area contributed by atoms with Gasteiger partial charge in [0.05, 0.1) is 20.5 Å². The van der Waals surface area contributed by atoms with Gasteiger partial charge in [-0.25, -0.2) is 0 Å². The molecule has 6 radical (unpaired) electrons. The van der Waals surface area contributed by atoms with Crippen LogP contribution in [0.25, 0.3) is 20.9 Å². The standard InChI is InChI=1S/C16H12S2Si2/c1-9-7-12(14-4-6-16(20)18-14)10(2)8-11(9)13-3-5-15(19)17-13/h3-8H,1-2H3. The van der Waals surface area contributed by atoms with Gasteiger partial charge in [0.2, 0.25) is 0 Å². The summed E-state index contributed by atoms with van der Waals surface area (Å²) in [6, 6.07) is 13.2. The molecule has 2 aromatic heterocycles. The summed E-state index contributed by atoms with van der Waals surface area (Å²) in [5, 5.41) is 0. The van der Waals surface area contributed by atoms with Crippen molar-refractivity contribution in [3.63, 3.8) is 0 Å². The summed E-state index contributed by atoms with van der Waals surface area (Å²) in [6.07, 6.45) is 0. The van der Waals surface area contributed by atoms with Gasteiger partial charge in [0.15, 0.2) is 0 Å². The molecule has 0 aliphatic rings. The van der Waals surface area contributed by atoms with Gasteiger partial charge in [-0.1, -0.05) is 12.1 Å². The van der Waals surface area contributed by atoms with Crippen molar-refractivity contribution >= 4 is 52.2 Å². The molecule has 4 heteroatoms. The lowest BCUT2D eigenvalue weighted by Crippen LogP contribution is -1.90. The topological polar surface area (TPSA) is 0 Å². The fourth-order valence-corrected chi connectivity index (χ4v) is 4.82. The molecular formula is C16H12S2Si2. The fraction of sp³-hybridized carbons (Fsp3) is 0.125. The highest BCUT2D eigenvalue weighted by atomic mass is 32.1. The molecule has 3 rings (SSSR count). The SMILES string of the molecule is Cc1cc(-c2ccc([Si])s2)c(C)cc1-c1ccc([Si])s1. The Hall–Kier alpha value is -0.946. The van der Waals surface area contributed by atoms with Gasteiger partial charge in [0, 0.05) is 9.75 Å². The van der Waals surface area contributed by atoms with Gasteiger partial charge >= 0.3 is 0 Å². The predicted octanol–water partition coefficient (Wildman–Crippen LogP) is 3.35. The maximum atomic E-state index is 3.59. The van der Waals surface area contributed by atoms with Crippen LogP contribution in [0.1, 0.15) is 11.1 Å². The minimum atomic E-state index is 1.17. The van der Waals surface area contributed by atoms with Crippen molar-refractivity contribution in [1.29, 1.82) is 0 Å². The first-order chi connectivity index (χ1) is 9.54. The lowest BCUT2D eigenvalue weighted by atomic mass is 9.98. The van der Waals surface area contributed by atoms with Crippen molar-refractivity contribution < 1.29 is 0 Å². The van der Waals surface area contributed by atoms with E-state index in [1.807, 2.05) is 0 Å². The zero-order valence-corrected chi connectivity index (χ0v) is 14.9. The van der Waals surface area contributed by atoms with Crippen LogP contribution in [0.5, 0.6) is 0 Å². The number of aryl methyl sites for hydroxylation is 2. The van der Waals surface area contributed by atoms with Crippen LogP contribution in [0.15, 0.2) is 36.4 Å². The molecule has 1 aromatic carbocycles. The Bertz CT molecular complexity index is 703. The van der Waals surface area contributed by atoms with Gasteiger partial charge in [0.1, 0.15) is 0 Å². The first-order valence-electron chi connectivity index (χ1n) is 6.29. The molecule has 96 valence electrons. The van der Waals surface area contributed by atoms with Gasteiger partial charge in [-0.2, -0.15) is 0 Å². The zero-order chi connectivity index (χ0) is 14.3. The minimum absolute atomic E-state index is 1.17. The Balaban J connectivity index is 2.11. The molecule has 0 unspecified atom stereocenters. The predicted molar refractivity (Wildman–Crippen MR) is 93.3 cm³/mol. The second-order valence-electron chi connectivity index (χ2n) is 4.81. The maximum Gasteiger partial charge on any atom is 0.0864 e. The van der Waals surface area contributed by atoms with E-state index in [1.54, 1.807) is 22.7 Å². The van der Waals surface area contributed by atoms with Crippen molar-refractivity contribution in [2.75, 3.05) is 0 Å². The van der Waals surface area contributed by atoms with E-state index in [4.69, 9.17) is 0 Å². The molecule has 0 nitrogen and oxygen atoms in total. The molecule has 20 heavy (non-hydrogen) atoms. The van der Waals surface area contributed by atoms with Crippen LogP contribution in [0.4, 0.5) is 0 Å². The summed E-state index contributed by atoms with van der Waals surface area (Å²) in [4.78, 5) is 2.63. The van der Waals surface area contributed by atoms with Crippen molar-refractivity contribution in [3.8, 4) is 20.9 Å². The van der Waals surface area contributed by atoms with E-state index in [0.717, 1.165) is 0 Å². The average molecular weight is 325 g/mol. The fourth-order valence-electron chi connectivity index (χ4n) is 2.31. The number of benzene rings is 1. The van der Waals surface area contributed by atoms with Crippen LogP contribution in [0.3, 0.4) is 0 Å². The van der Waals surface area contributed by atoms with Crippen LogP contribution in [-0.2, 0) is 0 Å². The maximum absolute atomic E-state index is 3.59. The second-order valence-corrected chi connectivity index (χ2v) is 8.78. The molecule has 0 atom stereocenters. The van der Waals surface area contributed by atoms with E-state index in [2.05, 4.69) is 70.7 Å². The molecule has 0 amide bonds. The molecule has 0 fully saturated rings. The summed E-state index contributed by atoms with van der Waals surface area (Å²) in [7, 11) is 7.18. The minimum Gasteiger partial charge on any atom is -0.146 e. The zero-order valence-electron chi connectivity index (χ0n) is 11.3. The summed E-state index contributed by atoms with van der Waals surface area (Å²) < 4.78 is 2.34. The van der Waals surface area contributed by atoms with Crippen molar-refractivity contribution in [3.05, 3.63) is 47.5 Å². The first-order valence-corrected chi connectivity index (χ1v) is 8.93. The highest BCUT2D eigenvalue weighted by molar-refractivity contribution is 7.23. The molecule has 0 spiro atoms. The van der Waals surface area contributed by atoms with Gasteiger partial charge in [-0.05, 0) is 69.4 Å². The smallest absolute Gasteiger partial charge is 0.0864 e. The van der Waals surface area contributed by atoms with Crippen LogP contribution in [0.2, 0.25) is 0 Å². The van der Waals surface area contributed by atoms with Gasteiger partial charge < -0.3 is 0 Å². The van der Waals surface area contributed by atoms with Gasteiger partial charge in [-0.15, -0.1) is 22.7 Å². The number of hydrogen-bond donors (Lipinski definition) is 0. The molecule has 2 heterocycles.